The highest BCUT2D eigenvalue weighted by atomic mass is 16.5. The van der Waals surface area contributed by atoms with Crippen molar-refractivity contribution in [3.8, 4) is 5.75 Å². The van der Waals surface area contributed by atoms with Gasteiger partial charge in [0.05, 0.1) is 11.3 Å². The van der Waals surface area contributed by atoms with Crippen molar-refractivity contribution in [1.82, 2.24) is 20.2 Å². The number of pyridine rings is 2. The number of aryl methyl sites for hydroxylation is 3. The molecule has 2 aromatic heterocycles. The van der Waals surface area contributed by atoms with Crippen LogP contribution in [0.2, 0.25) is 0 Å². The van der Waals surface area contributed by atoms with E-state index in [0.717, 1.165) is 55.8 Å². The first kappa shape index (κ1) is 30.0. The van der Waals surface area contributed by atoms with Crippen molar-refractivity contribution < 1.29 is 14.3 Å². The molecular weight excluding hydrogens is 516 g/mol. The van der Waals surface area contributed by atoms with E-state index in [1.165, 1.54) is 11.1 Å². The highest BCUT2D eigenvalue weighted by Gasteiger charge is 2.28. The molecule has 9 nitrogen and oxygen atoms in total. The van der Waals surface area contributed by atoms with Crippen LogP contribution >= 0.6 is 0 Å². The third-order valence-electron chi connectivity index (χ3n) is 8.02. The Morgan fingerprint density at radius 2 is 1.78 bits per heavy atom. The predicted octanol–water partition coefficient (Wildman–Crippen LogP) is 3.95. The van der Waals surface area contributed by atoms with Crippen LogP contribution in [0.25, 0.3) is 0 Å². The highest BCUT2D eigenvalue weighted by Crippen LogP contribution is 2.29. The molecule has 1 aromatic carbocycles. The van der Waals surface area contributed by atoms with Crippen molar-refractivity contribution in [3.63, 3.8) is 0 Å². The lowest BCUT2D eigenvalue weighted by Crippen LogP contribution is -2.48. The van der Waals surface area contributed by atoms with Gasteiger partial charge in [0.15, 0.2) is 6.61 Å². The summed E-state index contributed by atoms with van der Waals surface area (Å²) in [5.74, 6) is 0.0749. The van der Waals surface area contributed by atoms with E-state index in [-0.39, 0.29) is 12.5 Å². The van der Waals surface area contributed by atoms with Crippen LogP contribution in [0.15, 0.2) is 55.0 Å². The van der Waals surface area contributed by atoms with Crippen LogP contribution in [-0.4, -0.2) is 65.0 Å². The largest absolute Gasteiger partial charge is 0.484 e. The van der Waals surface area contributed by atoms with Gasteiger partial charge in [-0.1, -0.05) is 0 Å². The molecule has 2 amide bonds. The molecule has 41 heavy (non-hydrogen) atoms. The van der Waals surface area contributed by atoms with E-state index in [1.54, 1.807) is 6.20 Å². The first-order valence-electron chi connectivity index (χ1n) is 14.3. The van der Waals surface area contributed by atoms with Crippen LogP contribution in [-0.2, 0) is 11.3 Å². The molecule has 0 unspecified atom stereocenters. The highest BCUT2D eigenvalue weighted by molar-refractivity contribution is 5.96. The van der Waals surface area contributed by atoms with Crippen molar-refractivity contribution in [2.75, 3.05) is 31.1 Å². The van der Waals surface area contributed by atoms with Gasteiger partial charge >= 0.3 is 0 Å². The lowest BCUT2D eigenvalue weighted by Gasteiger charge is -2.42. The number of hydrogen-bond donors (Lipinski definition) is 2. The summed E-state index contributed by atoms with van der Waals surface area (Å²) in [6.45, 7) is 11.4. The molecule has 1 aliphatic heterocycles. The minimum Gasteiger partial charge on any atom is -0.484 e. The van der Waals surface area contributed by atoms with Crippen LogP contribution < -0.4 is 20.7 Å². The maximum Gasteiger partial charge on any atom is 0.255 e. The molecule has 3 aromatic rings. The van der Waals surface area contributed by atoms with Crippen molar-refractivity contribution in [2.45, 2.75) is 65.6 Å². The molecule has 1 fully saturated rings. The average molecular weight is 559 g/mol. The Hall–Kier alpha value is -3.98. The summed E-state index contributed by atoms with van der Waals surface area (Å²) in [6.07, 6.45) is 8.47. The average Bonchev–Trinajstić information content (AvgIpc) is 2.96. The van der Waals surface area contributed by atoms with E-state index in [1.807, 2.05) is 62.6 Å². The fourth-order valence-corrected chi connectivity index (χ4v) is 5.51. The van der Waals surface area contributed by atoms with Gasteiger partial charge in [-0.2, -0.15) is 0 Å². The number of carbonyl (C=O) groups is 2. The third-order valence-corrected chi connectivity index (χ3v) is 8.02. The van der Waals surface area contributed by atoms with Crippen LogP contribution in [0, 0.1) is 20.8 Å². The molecule has 3 N–H and O–H groups in total. The lowest BCUT2D eigenvalue weighted by molar-refractivity contribution is -0.119. The number of carbonyl (C=O) groups excluding carboxylic acids is 2. The van der Waals surface area contributed by atoms with Crippen molar-refractivity contribution in [3.05, 3.63) is 82.9 Å². The molecule has 9 heteroatoms. The first-order valence-corrected chi connectivity index (χ1v) is 14.3. The Morgan fingerprint density at radius 1 is 1.07 bits per heavy atom. The van der Waals surface area contributed by atoms with Gasteiger partial charge in [0.1, 0.15) is 5.75 Å². The summed E-state index contributed by atoms with van der Waals surface area (Å²) in [7, 11) is 0. The Bertz CT molecular complexity index is 1300. The van der Waals surface area contributed by atoms with Gasteiger partial charge in [0.2, 0.25) is 0 Å². The number of hydrogen-bond acceptors (Lipinski definition) is 7. The number of primary amides is 1. The lowest BCUT2D eigenvalue weighted by atomic mass is 9.99. The Morgan fingerprint density at radius 3 is 2.44 bits per heavy atom. The van der Waals surface area contributed by atoms with E-state index in [4.69, 9.17) is 10.5 Å². The fraction of sp³-hybridized carbons (Fsp3) is 0.438. The maximum atomic E-state index is 12.8. The van der Waals surface area contributed by atoms with Crippen molar-refractivity contribution in [1.29, 1.82) is 0 Å². The predicted molar refractivity (Wildman–Crippen MR) is 161 cm³/mol. The monoisotopic (exact) mass is 558 g/mol. The van der Waals surface area contributed by atoms with Crippen molar-refractivity contribution in [2.24, 2.45) is 5.73 Å². The number of aromatic nitrogens is 2. The number of nitrogens with zero attached hydrogens (tertiary/aromatic N) is 4. The zero-order valence-electron chi connectivity index (χ0n) is 24.6. The molecule has 3 heterocycles. The molecule has 0 aliphatic carbocycles. The van der Waals surface area contributed by atoms with E-state index >= 15 is 0 Å². The smallest absolute Gasteiger partial charge is 0.255 e. The number of nitrogens with one attached hydrogen (secondary N) is 1. The number of anilines is 1. The minimum absolute atomic E-state index is 0.0496. The van der Waals surface area contributed by atoms with Gasteiger partial charge in [-0.15, -0.1) is 0 Å². The molecule has 0 spiro atoms. The number of amides is 2. The number of likely N-dealkylation sites (tertiary alicyclic amines) is 1. The van der Waals surface area contributed by atoms with Gasteiger partial charge in [0.25, 0.3) is 11.8 Å². The molecule has 1 saturated heterocycles. The quantitative estimate of drug-likeness (QED) is 0.346. The normalized spacial score (nSPS) is 14.8. The van der Waals surface area contributed by atoms with E-state index in [0.29, 0.717) is 29.9 Å². The summed E-state index contributed by atoms with van der Waals surface area (Å²) in [6, 6.07) is 12.5. The molecule has 0 saturated carbocycles. The van der Waals surface area contributed by atoms with E-state index in [9.17, 15) is 9.59 Å². The summed E-state index contributed by atoms with van der Waals surface area (Å²) in [5, 5.41) is 3.10. The molecule has 4 rings (SSSR count). The Kier molecular flexibility index (Phi) is 10.3. The molecular formula is C32H42N6O3. The second-order valence-corrected chi connectivity index (χ2v) is 10.9. The van der Waals surface area contributed by atoms with Crippen LogP contribution in [0.5, 0.6) is 5.75 Å². The Labute approximate surface area is 243 Å². The van der Waals surface area contributed by atoms with Gasteiger partial charge in [-0.25, -0.2) is 0 Å². The summed E-state index contributed by atoms with van der Waals surface area (Å²) >= 11 is 0. The topological polar surface area (TPSA) is 114 Å². The maximum absolute atomic E-state index is 12.8. The van der Waals surface area contributed by atoms with Gasteiger partial charge < -0.3 is 25.6 Å². The van der Waals surface area contributed by atoms with Crippen molar-refractivity contribution >= 4 is 17.5 Å². The standard InChI is InChI=1S/C32H42N6O3/c1-22-9-14-34-19-26(22)20-38(27-5-7-29(8-6-27)41-21-30(33)39)28-12-17-37(18-13-28)24(3)11-16-36-32(40)31-23(2)10-15-35-25(31)4/h5-10,14-15,19,24,28H,11-13,16-18,20-21H2,1-4H3,(H2,33,39)(H,36,40)/t24-/m1/s1. The minimum atomic E-state index is -0.496. The molecule has 1 aliphatic rings. The van der Waals surface area contributed by atoms with Gasteiger partial charge in [-0.3, -0.25) is 19.6 Å². The van der Waals surface area contributed by atoms with Crippen LogP contribution in [0.4, 0.5) is 5.69 Å². The van der Waals surface area contributed by atoms with E-state index in [2.05, 4.69) is 38.9 Å². The molecule has 218 valence electrons. The number of piperidine rings is 1. The van der Waals surface area contributed by atoms with Crippen LogP contribution in [0.1, 0.15) is 58.9 Å². The zero-order chi connectivity index (χ0) is 29.4. The van der Waals surface area contributed by atoms with Crippen LogP contribution in [0.3, 0.4) is 0 Å². The second-order valence-electron chi connectivity index (χ2n) is 10.9. The fourth-order valence-electron chi connectivity index (χ4n) is 5.51. The summed E-state index contributed by atoms with van der Waals surface area (Å²) in [4.78, 5) is 37.5. The number of rotatable bonds is 12. The number of ether oxygens (including phenoxy) is 1. The van der Waals surface area contributed by atoms with Gasteiger partial charge in [0, 0.05) is 62.5 Å². The number of nitrogens with two attached hydrogens (primary N) is 1. The Balaban J connectivity index is 1.36. The first-order chi connectivity index (χ1) is 19.7. The molecule has 0 bridgehead atoms. The second kappa shape index (κ2) is 14.1. The molecule has 1 atom stereocenters. The van der Waals surface area contributed by atoms with E-state index < -0.39 is 5.91 Å². The molecule has 0 radical (unpaired) electrons. The SMILES string of the molecule is Cc1ccncc1CN(c1ccc(OCC(N)=O)cc1)C1CCN([C@H](C)CCNC(=O)c2c(C)ccnc2C)CC1. The van der Waals surface area contributed by atoms with Gasteiger partial charge in [-0.05, 0) is 100 Å². The summed E-state index contributed by atoms with van der Waals surface area (Å²) in [5.41, 5.74) is 11.1. The number of benzene rings is 1. The zero-order valence-corrected chi connectivity index (χ0v) is 24.6. The third kappa shape index (κ3) is 8.04. The summed E-state index contributed by atoms with van der Waals surface area (Å²) < 4.78 is 5.47.